The summed E-state index contributed by atoms with van der Waals surface area (Å²) in [6.45, 7) is 6.82. The van der Waals surface area contributed by atoms with Crippen LogP contribution in [0, 0.1) is 24.0 Å². The second-order valence-electron chi connectivity index (χ2n) is 6.81. The Bertz CT molecular complexity index is 1100. The first-order valence-electron chi connectivity index (χ1n) is 9.67. The third-order valence-electron chi connectivity index (χ3n) is 4.52. The number of nitrogens with one attached hydrogen (secondary N) is 1. The number of para-hydroxylation sites is 2. The summed E-state index contributed by atoms with van der Waals surface area (Å²) in [5.41, 5.74) is 2.16. The van der Waals surface area contributed by atoms with Gasteiger partial charge in [-0.1, -0.05) is 36.0 Å². The maximum atomic E-state index is 12.3. The summed E-state index contributed by atoms with van der Waals surface area (Å²) < 4.78 is 7.81. The lowest BCUT2D eigenvalue weighted by atomic mass is 10.1. The number of rotatable bonds is 9. The molecule has 162 valence electrons. The smallest absolute Gasteiger partial charge is 0.292 e. The lowest BCUT2D eigenvalue weighted by Crippen LogP contribution is -2.15. The average molecular weight is 442 g/mol. The first-order chi connectivity index (χ1) is 14.9. The largest absolute Gasteiger partial charge is 0.485 e. The molecule has 0 saturated heterocycles. The van der Waals surface area contributed by atoms with Crippen molar-refractivity contribution in [1.29, 1.82) is 0 Å². The molecule has 0 aliphatic heterocycles. The number of ether oxygens (including phenoxy) is 1. The zero-order valence-electron chi connectivity index (χ0n) is 17.5. The predicted molar refractivity (Wildman–Crippen MR) is 118 cm³/mol. The van der Waals surface area contributed by atoms with Crippen LogP contribution >= 0.6 is 11.8 Å². The van der Waals surface area contributed by atoms with Crippen molar-refractivity contribution in [3.05, 3.63) is 69.5 Å². The highest BCUT2D eigenvalue weighted by molar-refractivity contribution is 7.99. The van der Waals surface area contributed by atoms with Crippen LogP contribution in [0.2, 0.25) is 0 Å². The van der Waals surface area contributed by atoms with E-state index < -0.39 is 4.92 Å². The average Bonchev–Trinajstić information content (AvgIpc) is 3.15. The summed E-state index contributed by atoms with van der Waals surface area (Å²) in [6.07, 6.45) is 0. The van der Waals surface area contributed by atoms with Crippen LogP contribution in [0.1, 0.15) is 23.9 Å². The van der Waals surface area contributed by atoms with Crippen LogP contribution in [0.3, 0.4) is 0 Å². The topological polar surface area (TPSA) is 112 Å². The van der Waals surface area contributed by atoms with Gasteiger partial charge in [-0.05, 0) is 44.0 Å². The van der Waals surface area contributed by atoms with Crippen molar-refractivity contribution in [3.63, 3.8) is 0 Å². The summed E-state index contributed by atoms with van der Waals surface area (Å²) >= 11 is 1.21. The van der Waals surface area contributed by atoms with Gasteiger partial charge in [0.05, 0.1) is 10.7 Å². The van der Waals surface area contributed by atoms with E-state index in [9.17, 15) is 14.9 Å². The standard InChI is InChI=1S/C21H23N5O4S/c1-4-25-19(12-30-18-11-14(2)9-10-15(18)3)23-24-21(25)31-13-20(27)22-16-7-5-6-8-17(16)26(28)29/h5-11H,4,12-13H2,1-3H3,(H,22,27). The third kappa shape index (κ3) is 5.60. The number of anilines is 1. The summed E-state index contributed by atoms with van der Waals surface area (Å²) in [5, 5.41) is 22.6. The third-order valence-corrected chi connectivity index (χ3v) is 5.48. The van der Waals surface area contributed by atoms with Crippen molar-refractivity contribution in [2.75, 3.05) is 11.1 Å². The minimum Gasteiger partial charge on any atom is -0.485 e. The Kier molecular flexibility index (Phi) is 7.24. The van der Waals surface area contributed by atoms with Crippen LogP contribution in [-0.2, 0) is 17.9 Å². The van der Waals surface area contributed by atoms with E-state index in [2.05, 4.69) is 15.5 Å². The fraction of sp³-hybridized carbons (Fsp3) is 0.286. The van der Waals surface area contributed by atoms with Gasteiger partial charge in [-0.3, -0.25) is 14.9 Å². The number of nitro groups is 1. The van der Waals surface area contributed by atoms with E-state index in [4.69, 9.17) is 4.74 Å². The molecule has 0 bridgehead atoms. The van der Waals surface area contributed by atoms with Crippen molar-refractivity contribution in [1.82, 2.24) is 14.8 Å². The first-order valence-corrected chi connectivity index (χ1v) is 10.7. The number of aryl methyl sites for hydroxylation is 2. The van der Waals surface area contributed by atoms with Gasteiger partial charge in [0, 0.05) is 12.6 Å². The summed E-state index contributed by atoms with van der Waals surface area (Å²) in [6, 6.07) is 12.0. The maximum Gasteiger partial charge on any atom is 0.292 e. The van der Waals surface area contributed by atoms with Gasteiger partial charge in [0.15, 0.2) is 11.0 Å². The SMILES string of the molecule is CCn1c(COc2cc(C)ccc2C)nnc1SCC(=O)Nc1ccccc1[N+](=O)[O-]. The van der Waals surface area contributed by atoms with E-state index in [0.29, 0.717) is 17.5 Å². The van der Waals surface area contributed by atoms with E-state index in [-0.39, 0.29) is 29.6 Å². The van der Waals surface area contributed by atoms with Crippen LogP contribution in [0.5, 0.6) is 5.75 Å². The van der Waals surface area contributed by atoms with E-state index in [1.807, 2.05) is 43.5 Å². The molecular weight excluding hydrogens is 418 g/mol. The van der Waals surface area contributed by atoms with Crippen molar-refractivity contribution < 1.29 is 14.5 Å². The molecule has 0 atom stereocenters. The highest BCUT2D eigenvalue weighted by Gasteiger charge is 2.17. The number of nitrogens with zero attached hydrogens (tertiary/aromatic N) is 4. The quantitative estimate of drug-likeness (QED) is 0.302. The van der Waals surface area contributed by atoms with Crippen molar-refractivity contribution >= 4 is 29.0 Å². The number of carbonyl (C=O) groups excluding carboxylic acids is 1. The fourth-order valence-electron chi connectivity index (χ4n) is 2.91. The Hall–Kier alpha value is -3.40. The van der Waals surface area contributed by atoms with E-state index in [1.54, 1.807) is 12.1 Å². The Balaban J connectivity index is 1.62. The molecule has 9 nitrogen and oxygen atoms in total. The van der Waals surface area contributed by atoms with Gasteiger partial charge in [0.25, 0.3) is 5.69 Å². The lowest BCUT2D eigenvalue weighted by Gasteiger charge is -2.11. The fourth-order valence-corrected chi connectivity index (χ4v) is 3.73. The van der Waals surface area contributed by atoms with Gasteiger partial charge >= 0.3 is 0 Å². The highest BCUT2D eigenvalue weighted by atomic mass is 32.2. The van der Waals surface area contributed by atoms with E-state index in [1.165, 1.54) is 23.9 Å². The zero-order chi connectivity index (χ0) is 22.4. The molecule has 0 unspecified atom stereocenters. The molecule has 0 radical (unpaired) electrons. The number of thioether (sulfide) groups is 1. The molecule has 3 rings (SSSR count). The van der Waals surface area contributed by atoms with Gasteiger partial charge in [0.1, 0.15) is 18.0 Å². The summed E-state index contributed by atoms with van der Waals surface area (Å²) in [5.74, 6) is 1.13. The van der Waals surface area contributed by atoms with Crippen molar-refractivity contribution in [2.45, 2.75) is 39.1 Å². The van der Waals surface area contributed by atoms with Crippen LogP contribution in [0.25, 0.3) is 0 Å². The molecule has 3 aromatic rings. The normalized spacial score (nSPS) is 10.7. The van der Waals surface area contributed by atoms with Crippen LogP contribution < -0.4 is 10.1 Å². The first kappa shape index (κ1) is 22.3. The van der Waals surface area contributed by atoms with Crippen LogP contribution in [-0.4, -0.2) is 31.3 Å². The number of amides is 1. The number of benzene rings is 2. The molecule has 1 heterocycles. The Morgan fingerprint density at radius 1 is 1.23 bits per heavy atom. The molecule has 10 heteroatoms. The summed E-state index contributed by atoms with van der Waals surface area (Å²) in [4.78, 5) is 22.9. The van der Waals surface area contributed by atoms with E-state index in [0.717, 1.165) is 16.9 Å². The van der Waals surface area contributed by atoms with Gasteiger partial charge in [0.2, 0.25) is 5.91 Å². The maximum absolute atomic E-state index is 12.3. The minimum absolute atomic E-state index is 0.0437. The van der Waals surface area contributed by atoms with Crippen LogP contribution in [0.15, 0.2) is 47.6 Å². The Morgan fingerprint density at radius 2 is 2.00 bits per heavy atom. The molecule has 1 amide bonds. The van der Waals surface area contributed by atoms with Crippen LogP contribution in [0.4, 0.5) is 11.4 Å². The van der Waals surface area contributed by atoms with Crippen molar-refractivity contribution in [3.8, 4) is 5.75 Å². The Morgan fingerprint density at radius 3 is 2.74 bits per heavy atom. The van der Waals surface area contributed by atoms with E-state index >= 15 is 0 Å². The molecular formula is C21H23N5O4S. The monoisotopic (exact) mass is 441 g/mol. The summed E-state index contributed by atoms with van der Waals surface area (Å²) in [7, 11) is 0. The lowest BCUT2D eigenvalue weighted by molar-refractivity contribution is -0.383. The molecule has 1 N–H and O–H groups in total. The second-order valence-corrected chi connectivity index (χ2v) is 7.75. The molecule has 0 spiro atoms. The minimum atomic E-state index is -0.529. The van der Waals surface area contributed by atoms with Crippen molar-refractivity contribution in [2.24, 2.45) is 0 Å². The molecule has 2 aromatic carbocycles. The second kappa shape index (κ2) is 10.1. The number of nitro benzene ring substituents is 1. The molecule has 0 aliphatic rings. The predicted octanol–water partition coefficient (Wildman–Crippen LogP) is 4.13. The Labute approximate surface area is 184 Å². The van der Waals surface area contributed by atoms with Gasteiger partial charge < -0.3 is 14.6 Å². The number of hydrogen-bond acceptors (Lipinski definition) is 7. The van der Waals surface area contributed by atoms with Gasteiger partial charge in [-0.2, -0.15) is 0 Å². The number of carbonyl (C=O) groups is 1. The zero-order valence-corrected chi connectivity index (χ0v) is 18.3. The molecule has 1 aromatic heterocycles. The molecule has 31 heavy (non-hydrogen) atoms. The molecule has 0 saturated carbocycles. The molecule has 0 fully saturated rings. The van der Waals surface area contributed by atoms with Gasteiger partial charge in [-0.15, -0.1) is 10.2 Å². The number of hydrogen-bond donors (Lipinski definition) is 1. The molecule has 0 aliphatic carbocycles. The highest BCUT2D eigenvalue weighted by Crippen LogP contribution is 2.25. The van der Waals surface area contributed by atoms with Gasteiger partial charge in [-0.25, -0.2) is 0 Å². The number of aromatic nitrogens is 3.